The molecule has 0 aromatic heterocycles. The number of carbonyl (C=O) groups excluding carboxylic acids is 1. The Morgan fingerprint density at radius 1 is 1.59 bits per heavy atom. The highest BCUT2D eigenvalue weighted by atomic mass is 32.2. The van der Waals surface area contributed by atoms with E-state index in [-0.39, 0.29) is 11.2 Å². The number of fused-ring (bicyclic) bond motifs is 1. The molecule has 0 aliphatic carbocycles. The molecule has 1 aliphatic heterocycles. The lowest BCUT2D eigenvalue weighted by Crippen LogP contribution is -2.37. The topological polar surface area (TPSA) is 20.3 Å². The second kappa shape index (κ2) is 5.29. The molecule has 1 heterocycles. The van der Waals surface area contributed by atoms with Gasteiger partial charge in [0.15, 0.2) is 0 Å². The van der Waals surface area contributed by atoms with Gasteiger partial charge < -0.3 is 4.90 Å². The average Bonchev–Trinajstić information content (AvgIpc) is 2.78. The Balaban J connectivity index is 2.08. The van der Waals surface area contributed by atoms with E-state index in [9.17, 15) is 4.79 Å². The molecule has 1 aliphatic rings. The number of terminal acetylenes is 1. The Bertz CT molecular complexity index is 439. The van der Waals surface area contributed by atoms with Gasteiger partial charge in [0.2, 0.25) is 5.91 Å². The van der Waals surface area contributed by atoms with Crippen molar-refractivity contribution < 1.29 is 4.79 Å². The van der Waals surface area contributed by atoms with Gasteiger partial charge in [0.1, 0.15) is 0 Å². The van der Waals surface area contributed by atoms with Crippen molar-refractivity contribution in [2.45, 2.75) is 23.5 Å². The van der Waals surface area contributed by atoms with Crippen LogP contribution in [-0.4, -0.2) is 29.1 Å². The van der Waals surface area contributed by atoms with Gasteiger partial charge in [-0.25, -0.2) is 0 Å². The average molecular weight is 245 g/mol. The summed E-state index contributed by atoms with van der Waals surface area (Å²) in [4.78, 5) is 15.2. The van der Waals surface area contributed by atoms with E-state index < -0.39 is 0 Å². The minimum Gasteiger partial charge on any atom is -0.331 e. The molecule has 0 N–H and O–H groups in total. The summed E-state index contributed by atoms with van der Waals surface area (Å²) in [5, 5.41) is 0.000648. The molecule has 1 unspecified atom stereocenters. The van der Waals surface area contributed by atoms with Crippen LogP contribution in [0.3, 0.4) is 0 Å². The van der Waals surface area contributed by atoms with E-state index in [1.165, 1.54) is 10.5 Å². The molecule has 2 rings (SSSR count). The fourth-order valence-corrected chi connectivity index (χ4v) is 3.26. The highest BCUT2D eigenvalue weighted by molar-refractivity contribution is 8.01. The van der Waals surface area contributed by atoms with Crippen LogP contribution in [0.5, 0.6) is 0 Å². The van der Waals surface area contributed by atoms with Crippen LogP contribution < -0.4 is 0 Å². The van der Waals surface area contributed by atoms with Crippen LogP contribution >= 0.6 is 11.8 Å². The summed E-state index contributed by atoms with van der Waals surface area (Å²) in [5.41, 5.74) is 1.27. The smallest absolute Gasteiger partial charge is 0.237 e. The normalized spacial score (nSPS) is 17.3. The maximum Gasteiger partial charge on any atom is 0.237 e. The second-order valence-electron chi connectivity index (χ2n) is 3.97. The number of hydrogen-bond acceptors (Lipinski definition) is 2. The molecule has 3 heteroatoms. The third kappa shape index (κ3) is 2.48. The predicted octanol–water partition coefficient (Wildman–Crippen LogP) is 2.19. The number of nitrogens with zero attached hydrogens (tertiary/aromatic N) is 1. The summed E-state index contributed by atoms with van der Waals surface area (Å²) in [5.74, 6) is 2.70. The molecule has 1 amide bonds. The van der Waals surface area contributed by atoms with Crippen LogP contribution in [0, 0.1) is 12.3 Å². The first-order chi connectivity index (χ1) is 8.26. The van der Waals surface area contributed by atoms with Crippen LogP contribution in [0.2, 0.25) is 0 Å². The van der Waals surface area contributed by atoms with Gasteiger partial charge >= 0.3 is 0 Å². The number of thioether (sulfide) groups is 1. The zero-order chi connectivity index (χ0) is 12.3. The van der Waals surface area contributed by atoms with Gasteiger partial charge in [0.05, 0.1) is 11.8 Å². The Morgan fingerprint density at radius 3 is 3.00 bits per heavy atom. The molecule has 0 saturated carbocycles. The molecule has 0 fully saturated rings. The van der Waals surface area contributed by atoms with E-state index in [2.05, 4.69) is 18.1 Å². The third-order valence-corrected chi connectivity index (χ3v) is 4.20. The summed E-state index contributed by atoms with van der Waals surface area (Å²) in [6.07, 6.45) is 6.10. The number of benzene rings is 1. The zero-order valence-corrected chi connectivity index (χ0v) is 10.7. The summed E-state index contributed by atoms with van der Waals surface area (Å²) >= 11 is 1.65. The lowest BCUT2D eigenvalue weighted by molar-refractivity contribution is -0.129. The van der Waals surface area contributed by atoms with Crippen LogP contribution in [-0.2, 0) is 11.2 Å². The van der Waals surface area contributed by atoms with Crippen LogP contribution in [0.15, 0.2) is 29.2 Å². The summed E-state index contributed by atoms with van der Waals surface area (Å²) in [7, 11) is 0. The van der Waals surface area contributed by atoms with Crippen molar-refractivity contribution in [3.63, 3.8) is 0 Å². The van der Waals surface area contributed by atoms with E-state index in [0.29, 0.717) is 13.1 Å². The molecule has 0 spiro atoms. The molecule has 17 heavy (non-hydrogen) atoms. The lowest BCUT2D eigenvalue weighted by atomic mass is 10.1. The van der Waals surface area contributed by atoms with Gasteiger partial charge in [-0.05, 0) is 25.0 Å². The van der Waals surface area contributed by atoms with Gasteiger partial charge in [-0.15, -0.1) is 18.2 Å². The van der Waals surface area contributed by atoms with Crippen LogP contribution in [0.1, 0.15) is 12.5 Å². The quantitative estimate of drug-likeness (QED) is 0.761. The minimum atomic E-state index is 0.000648. The summed E-state index contributed by atoms with van der Waals surface area (Å²) < 4.78 is 0. The van der Waals surface area contributed by atoms with E-state index in [1.807, 2.05) is 19.1 Å². The number of carbonyl (C=O) groups is 1. The zero-order valence-electron chi connectivity index (χ0n) is 9.85. The first kappa shape index (κ1) is 12.1. The highest BCUT2D eigenvalue weighted by Gasteiger charge is 2.30. The first-order valence-electron chi connectivity index (χ1n) is 5.73. The fourth-order valence-electron chi connectivity index (χ4n) is 1.98. The third-order valence-electron chi connectivity index (χ3n) is 2.90. The molecule has 0 saturated heterocycles. The van der Waals surface area contributed by atoms with E-state index in [1.54, 1.807) is 16.7 Å². The summed E-state index contributed by atoms with van der Waals surface area (Å²) in [6, 6.07) is 8.20. The fraction of sp³-hybridized carbons (Fsp3) is 0.357. The van der Waals surface area contributed by atoms with E-state index in [0.717, 1.165) is 6.42 Å². The number of rotatable bonds is 3. The molecule has 0 radical (unpaired) electrons. The largest absolute Gasteiger partial charge is 0.331 e. The number of amides is 1. The van der Waals surface area contributed by atoms with Gasteiger partial charge in [-0.2, -0.15) is 0 Å². The molecular formula is C14H15NOS. The van der Waals surface area contributed by atoms with Crippen molar-refractivity contribution in [3.8, 4) is 12.3 Å². The SMILES string of the molecule is C#CCN(CC)C(=O)C1Cc2ccccc2S1. The molecule has 0 bridgehead atoms. The van der Waals surface area contributed by atoms with Crippen molar-refractivity contribution in [3.05, 3.63) is 29.8 Å². The molecule has 1 atom stereocenters. The summed E-state index contributed by atoms with van der Waals surface area (Å²) in [6.45, 7) is 3.04. The lowest BCUT2D eigenvalue weighted by Gasteiger charge is -2.21. The Morgan fingerprint density at radius 2 is 2.35 bits per heavy atom. The van der Waals surface area contributed by atoms with Gasteiger partial charge in [-0.3, -0.25) is 4.79 Å². The Labute approximate surface area is 106 Å². The van der Waals surface area contributed by atoms with Gasteiger partial charge in [0.25, 0.3) is 0 Å². The maximum absolute atomic E-state index is 12.2. The van der Waals surface area contributed by atoms with Crippen molar-refractivity contribution in [2.75, 3.05) is 13.1 Å². The van der Waals surface area contributed by atoms with Gasteiger partial charge in [0, 0.05) is 11.4 Å². The van der Waals surface area contributed by atoms with Crippen LogP contribution in [0.25, 0.3) is 0 Å². The molecule has 1 aromatic rings. The van der Waals surface area contributed by atoms with Crippen molar-refractivity contribution >= 4 is 17.7 Å². The highest BCUT2D eigenvalue weighted by Crippen LogP contribution is 2.37. The predicted molar refractivity (Wildman–Crippen MR) is 70.9 cm³/mol. The monoisotopic (exact) mass is 245 g/mol. The minimum absolute atomic E-state index is 0.000648. The molecule has 88 valence electrons. The van der Waals surface area contributed by atoms with Crippen molar-refractivity contribution in [2.24, 2.45) is 0 Å². The van der Waals surface area contributed by atoms with Crippen LogP contribution in [0.4, 0.5) is 0 Å². The second-order valence-corrected chi connectivity index (χ2v) is 5.22. The Kier molecular flexibility index (Phi) is 3.75. The van der Waals surface area contributed by atoms with Crippen molar-refractivity contribution in [1.29, 1.82) is 0 Å². The molecule has 1 aromatic carbocycles. The van der Waals surface area contributed by atoms with E-state index >= 15 is 0 Å². The molecular weight excluding hydrogens is 230 g/mol. The van der Waals surface area contributed by atoms with Crippen molar-refractivity contribution in [1.82, 2.24) is 4.90 Å². The molecule has 2 nitrogen and oxygen atoms in total. The maximum atomic E-state index is 12.2. The number of hydrogen-bond donors (Lipinski definition) is 0. The van der Waals surface area contributed by atoms with Gasteiger partial charge in [-0.1, -0.05) is 24.1 Å². The standard InChI is InChI=1S/C14H15NOS/c1-3-9-15(4-2)14(16)13-10-11-7-5-6-8-12(11)17-13/h1,5-8,13H,4,9-10H2,2H3. The first-order valence-corrected chi connectivity index (χ1v) is 6.61. The van der Waals surface area contributed by atoms with E-state index in [4.69, 9.17) is 6.42 Å². The Hall–Kier alpha value is -1.40.